The van der Waals surface area contributed by atoms with Crippen molar-refractivity contribution in [2.24, 2.45) is 0 Å². The zero-order valence-electron chi connectivity index (χ0n) is 16.5. The second kappa shape index (κ2) is 9.40. The van der Waals surface area contributed by atoms with Gasteiger partial charge in [0.05, 0.1) is 12.9 Å². The minimum Gasteiger partial charge on any atom is -0.497 e. The van der Waals surface area contributed by atoms with Crippen LogP contribution in [0.3, 0.4) is 0 Å². The second-order valence-corrected chi connectivity index (χ2v) is 8.10. The lowest BCUT2D eigenvalue weighted by Gasteiger charge is -2.36. The highest BCUT2D eigenvalue weighted by Gasteiger charge is 2.22. The fraction of sp³-hybridized carbons (Fsp3) is 0.286. The Kier molecular flexibility index (Phi) is 6.44. The number of carbonyl (C=O) groups is 1. The molecule has 1 amide bonds. The molecule has 1 aliphatic heterocycles. The summed E-state index contributed by atoms with van der Waals surface area (Å²) in [5.74, 6) is 1.52. The summed E-state index contributed by atoms with van der Waals surface area (Å²) >= 11 is 7.21. The van der Waals surface area contributed by atoms with E-state index in [9.17, 15) is 4.79 Å². The SMILES string of the molecule is COc1ccc(-c2nnc(SCC(=O)N3CCN(c4ccc(Cl)cc4)CC3)o2)cc1. The highest BCUT2D eigenvalue weighted by atomic mass is 35.5. The molecule has 3 aromatic rings. The maximum absolute atomic E-state index is 12.6. The lowest BCUT2D eigenvalue weighted by molar-refractivity contribution is -0.128. The van der Waals surface area contributed by atoms with Crippen LogP contribution < -0.4 is 9.64 Å². The van der Waals surface area contributed by atoms with Crippen LogP contribution in [-0.4, -0.2) is 60.0 Å². The smallest absolute Gasteiger partial charge is 0.277 e. The van der Waals surface area contributed by atoms with Gasteiger partial charge in [0.1, 0.15) is 5.75 Å². The van der Waals surface area contributed by atoms with E-state index in [-0.39, 0.29) is 11.7 Å². The largest absolute Gasteiger partial charge is 0.497 e. The predicted molar refractivity (Wildman–Crippen MR) is 117 cm³/mol. The first-order chi connectivity index (χ1) is 14.6. The Morgan fingerprint density at radius 1 is 1.07 bits per heavy atom. The molecule has 4 rings (SSSR count). The number of hydrogen-bond acceptors (Lipinski definition) is 7. The van der Waals surface area contributed by atoms with Gasteiger partial charge in [0.25, 0.3) is 5.22 Å². The maximum Gasteiger partial charge on any atom is 0.277 e. The van der Waals surface area contributed by atoms with E-state index in [4.69, 9.17) is 20.8 Å². The summed E-state index contributed by atoms with van der Waals surface area (Å²) in [4.78, 5) is 16.7. The third kappa shape index (κ3) is 4.88. The lowest BCUT2D eigenvalue weighted by Crippen LogP contribution is -2.49. The number of nitrogens with zero attached hydrogens (tertiary/aromatic N) is 4. The molecule has 0 N–H and O–H groups in total. The Bertz CT molecular complexity index is 986. The van der Waals surface area contributed by atoms with Crippen LogP contribution in [0.2, 0.25) is 5.02 Å². The van der Waals surface area contributed by atoms with Crippen molar-refractivity contribution in [3.8, 4) is 17.2 Å². The molecule has 1 aromatic heterocycles. The number of benzene rings is 2. The molecule has 9 heteroatoms. The number of amides is 1. The zero-order chi connectivity index (χ0) is 20.9. The first-order valence-corrected chi connectivity index (χ1v) is 10.9. The van der Waals surface area contributed by atoms with E-state index >= 15 is 0 Å². The van der Waals surface area contributed by atoms with Gasteiger partial charge in [-0.1, -0.05) is 23.4 Å². The average molecular weight is 445 g/mol. The van der Waals surface area contributed by atoms with Crippen molar-refractivity contribution < 1.29 is 13.9 Å². The topological polar surface area (TPSA) is 71.7 Å². The number of piperazine rings is 1. The van der Waals surface area contributed by atoms with Crippen molar-refractivity contribution in [2.45, 2.75) is 5.22 Å². The minimum absolute atomic E-state index is 0.0694. The van der Waals surface area contributed by atoms with Gasteiger partial charge in [0.15, 0.2) is 0 Å². The molecule has 156 valence electrons. The number of thioether (sulfide) groups is 1. The van der Waals surface area contributed by atoms with Gasteiger partial charge in [-0.2, -0.15) is 0 Å². The Labute approximate surface area is 184 Å². The summed E-state index contributed by atoms with van der Waals surface area (Å²) in [6, 6.07) is 15.2. The normalized spacial score (nSPS) is 14.1. The number of carbonyl (C=O) groups excluding carboxylic acids is 1. The zero-order valence-corrected chi connectivity index (χ0v) is 18.0. The van der Waals surface area contributed by atoms with Gasteiger partial charge in [-0.25, -0.2) is 0 Å². The molecular formula is C21H21ClN4O3S. The van der Waals surface area contributed by atoms with Crippen LogP contribution in [0.5, 0.6) is 5.75 Å². The summed E-state index contributed by atoms with van der Waals surface area (Å²) in [6.07, 6.45) is 0. The number of halogens is 1. The fourth-order valence-electron chi connectivity index (χ4n) is 3.20. The van der Waals surface area contributed by atoms with Crippen LogP contribution in [0.15, 0.2) is 58.2 Å². The highest BCUT2D eigenvalue weighted by Crippen LogP contribution is 2.25. The molecule has 0 spiro atoms. The molecule has 0 bridgehead atoms. The van der Waals surface area contributed by atoms with Crippen molar-refractivity contribution >= 4 is 35.0 Å². The highest BCUT2D eigenvalue weighted by molar-refractivity contribution is 7.99. The Hall–Kier alpha value is -2.71. The van der Waals surface area contributed by atoms with Gasteiger partial charge in [-0.05, 0) is 48.5 Å². The van der Waals surface area contributed by atoms with Crippen LogP contribution >= 0.6 is 23.4 Å². The van der Waals surface area contributed by atoms with Gasteiger partial charge >= 0.3 is 0 Å². The first-order valence-electron chi connectivity index (χ1n) is 9.51. The monoisotopic (exact) mass is 444 g/mol. The second-order valence-electron chi connectivity index (χ2n) is 6.73. The van der Waals surface area contributed by atoms with Crippen molar-refractivity contribution in [3.63, 3.8) is 0 Å². The van der Waals surface area contributed by atoms with Gasteiger partial charge in [-0.15, -0.1) is 10.2 Å². The van der Waals surface area contributed by atoms with Crippen molar-refractivity contribution in [1.82, 2.24) is 15.1 Å². The van der Waals surface area contributed by atoms with E-state index in [0.29, 0.717) is 24.2 Å². The van der Waals surface area contributed by atoms with E-state index in [2.05, 4.69) is 15.1 Å². The maximum atomic E-state index is 12.6. The molecule has 2 heterocycles. The predicted octanol–water partition coefficient (Wildman–Crippen LogP) is 3.84. The summed E-state index contributed by atoms with van der Waals surface area (Å²) in [5.41, 5.74) is 1.93. The molecule has 1 aliphatic rings. The van der Waals surface area contributed by atoms with Gasteiger partial charge in [0, 0.05) is 42.5 Å². The Morgan fingerprint density at radius 2 is 1.77 bits per heavy atom. The van der Waals surface area contributed by atoms with E-state index in [0.717, 1.165) is 35.1 Å². The number of rotatable bonds is 6. The number of methoxy groups -OCH3 is 1. The number of aromatic nitrogens is 2. The van der Waals surface area contributed by atoms with Gasteiger partial charge < -0.3 is 19.0 Å². The van der Waals surface area contributed by atoms with Crippen molar-refractivity contribution in [1.29, 1.82) is 0 Å². The molecule has 0 atom stereocenters. The molecule has 0 aliphatic carbocycles. The molecule has 1 fully saturated rings. The van der Waals surface area contributed by atoms with Crippen LogP contribution in [0.1, 0.15) is 0 Å². The Balaban J connectivity index is 1.27. The number of anilines is 1. The summed E-state index contributed by atoms with van der Waals surface area (Å²) < 4.78 is 10.8. The van der Waals surface area contributed by atoms with Crippen LogP contribution in [0.4, 0.5) is 5.69 Å². The minimum atomic E-state index is 0.0694. The van der Waals surface area contributed by atoms with Gasteiger partial charge in [-0.3, -0.25) is 4.79 Å². The first kappa shape index (κ1) is 20.6. The molecular weight excluding hydrogens is 424 g/mol. The van der Waals surface area contributed by atoms with Crippen molar-refractivity contribution in [2.75, 3.05) is 43.9 Å². The van der Waals surface area contributed by atoms with Crippen LogP contribution in [-0.2, 0) is 4.79 Å². The Morgan fingerprint density at radius 3 is 2.43 bits per heavy atom. The summed E-state index contributed by atoms with van der Waals surface area (Å²) in [7, 11) is 1.62. The van der Waals surface area contributed by atoms with E-state index in [1.165, 1.54) is 11.8 Å². The van der Waals surface area contributed by atoms with Gasteiger partial charge in [0.2, 0.25) is 11.8 Å². The lowest BCUT2D eigenvalue weighted by atomic mass is 10.2. The van der Waals surface area contributed by atoms with Crippen LogP contribution in [0, 0.1) is 0 Å². The molecule has 7 nitrogen and oxygen atoms in total. The van der Waals surface area contributed by atoms with Crippen LogP contribution in [0.25, 0.3) is 11.5 Å². The quantitative estimate of drug-likeness (QED) is 0.535. The van der Waals surface area contributed by atoms with E-state index in [1.807, 2.05) is 53.4 Å². The summed E-state index contributed by atoms with van der Waals surface area (Å²) in [6.45, 7) is 2.95. The molecule has 0 radical (unpaired) electrons. The van der Waals surface area contributed by atoms with E-state index in [1.54, 1.807) is 7.11 Å². The van der Waals surface area contributed by atoms with Crippen molar-refractivity contribution in [3.05, 3.63) is 53.6 Å². The summed E-state index contributed by atoms with van der Waals surface area (Å²) in [5, 5.41) is 9.21. The molecule has 2 aromatic carbocycles. The number of hydrogen-bond donors (Lipinski definition) is 0. The third-order valence-electron chi connectivity index (χ3n) is 4.89. The molecule has 0 unspecified atom stereocenters. The molecule has 1 saturated heterocycles. The average Bonchev–Trinajstić information content (AvgIpc) is 3.27. The standard InChI is InChI=1S/C21H21ClN4O3S/c1-28-18-8-2-15(3-9-18)20-23-24-21(29-20)30-14-19(27)26-12-10-25(11-13-26)17-6-4-16(22)5-7-17/h2-9H,10-14H2,1H3. The fourth-order valence-corrected chi connectivity index (χ4v) is 3.99. The van der Waals surface area contributed by atoms with E-state index < -0.39 is 0 Å². The third-order valence-corrected chi connectivity index (χ3v) is 5.94. The molecule has 0 saturated carbocycles. The number of ether oxygens (including phenoxy) is 1. The molecule has 30 heavy (non-hydrogen) atoms.